The van der Waals surface area contributed by atoms with E-state index in [0.29, 0.717) is 12.1 Å². The smallest absolute Gasteiger partial charge is 0.297 e. The molecule has 10 heteroatoms. The molecule has 0 unspecified atom stereocenters. The van der Waals surface area contributed by atoms with Gasteiger partial charge in [0.25, 0.3) is 15.7 Å². The summed E-state index contributed by atoms with van der Waals surface area (Å²) in [5.74, 6) is -1.05. The van der Waals surface area contributed by atoms with Crippen molar-refractivity contribution in [3.05, 3.63) is 28.1 Å². The molecule has 0 radical (unpaired) electrons. The Bertz CT molecular complexity index is 657. The molecule has 1 aromatic carbocycles. The highest BCUT2D eigenvalue weighted by atomic mass is 35.5. The van der Waals surface area contributed by atoms with E-state index >= 15 is 0 Å². The molecule has 0 saturated heterocycles. The summed E-state index contributed by atoms with van der Waals surface area (Å²) in [6.45, 7) is 0. The summed E-state index contributed by atoms with van der Waals surface area (Å²) in [7, 11) is -4.22. The second-order valence-electron chi connectivity index (χ2n) is 3.04. The Morgan fingerprint density at radius 1 is 1.47 bits per heavy atom. The molecule has 1 heterocycles. The van der Waals surface area contributed by atoms with Gasteiger partial charge in [-0.25, -0.2) is 4.39 Å². The lowest BCUT2D eigenvalue weighted by Gasteiger charge is -2.14. The number of nitrogens with one attached hydrogen (secondary N) is 1. The van der Waals surface area contributed by atoms with E-state index in [1.165, 1.54) is 0 Å². The number of sulfonamides is 1. The number of amidine groups is 1. The average Bonchev–Trinajstić information content (AvgIpc) is 2.17. The fourth-order valence-electron chi connectivity index (χ4n) is 1.32. The van der Waals surface area contributed by atoms with E-state index in [9.17, 15) is 22.9 Å². The van der Waals surface area contributed by atoms with E-state index in [4.69, 9.17) is 11.6 Å². The highest BCUT2D eigenvalue weighted by Gasteiger charge is 2.31. The molecule has 2 rings (SSSR count). The normalized spacial score (nSPS) is 16.7. The second kappa shape index (κ2) is 3.64. The van der Waals surface area contributed by atoms with E-state index in [1.807, 2.05) is 0 Å². The maximum atomic E-state index is 13.1. The monoisotopic (exact) mass is 279 g/mol. The van der Waals surface area contributed by atoms with Gasteiger partial charge in [0, 0.05) is 0 Å². The van der Waals surface area contributed by atoms with Gasteiger partial charge in [-0.1, -0.05) is 0 Å². The predicted molar refractivity (Wildman–Crippen MR) is 57.2 cm³/mol. The minimum atomic E-state index is -4.22. The van der Waals surface area contributed by atoms with Crippen LogP contribution in [0.5, 0.6) is 0 Å². The van der Waals surface area contributed by atoms with Crippen molar-refractivity contribution in [1.82, 2.24) is 0 Å². The summed E-state index contributed by atoms with van der Waals surface area (Å²) in [5, 5.41) is 12.3. The van der Waals surface area contributed by atoms with E-state index in [0.717, 1.165) is 0 Å². The van der Waals surface area contributed by atoms with Crippen molar-refractivity contribution in [3.63, 3.8) is 0 Å². The van der Waals surface area contributed by atoms with Crippen molar-refractivity contribution in [2.75, 3.05) is 5.32 Å². The van der Waals surface area contributed by atoms with Gasteiger partial charge in [-0.2, -0.15) is 8.42 Å². The van der Waals surface area contributed by atoms with Gasteiger partial charge in [-0.15, -0.1) is 4.40 Å². The highest BCUT2D eigenvalue weighted by Crippen LogP contribution is 2.36. The van der Waals surface area contributed by atoms with Crippen molar-refractivity contribution in [3.8, 4) is 0 Å². The minimum Gasteiger partial charge on any atom is -0.323 e. The fraction of sp³-hybridized carbons (Fsp3) is 0. The first-order valence-corrected chi connectivity index (χ1v) is 5.88. The maximum absolute atomic E-state index is 13.1. The largest absolute Gasteiger partial charge is 0.323 e. The maximum Gasteiger partial charge on any atom is 0.297 e. The molecule has 0 bridgehead atoms. The second-order valence-corrected chi connectivity index (χ2v) is 4.97. The molecule has 0 aliphatic carbocycles. The van der Waals surface area contributed by atoms with Gasteiger partial charge < -0.3 is 5.32 Å². The molecule has 0 aromatic heterocycles. The Hall–Kier alpha value is -1.74. The van der Waals surface area contributed by atoms with E-state index in [1.54, 1.807) is 0 Å². The molecule has 1 N–H and O–H groups in total. The van der Waals surface area contributed by atoms with Gasteiger partial charge in [-0.3, -0.25) is 10.1 Å². The number of rotatable bonds is 1. The molecule has 0 fully saturated rings. The Kier molecular flexibility index (Phi) is 2.51. The molecule has 1 aromatic rings. The first-order chi connectivity index (χ1) is 7.81. The van der Waals surface area contributed by atoms with Crippen molar-refractivity contribution < 1.29 is 17.7 Å². The molecule has 7 nitrogen and oxygen atoms in total. The van der Waals surface area contributed by atoms with E-state index in [-0.39, 0.29) is 0 Å². The van der Waals surface area contributed by atoms with Gasteiger partial charge in [0.05, 0.1) is 11.0 Å². The summed E-state index contributed by atoms with van der Waals surface area (Å²) >= 11 is 5.39. The van der Waals surface area contributed by atoms with Crippen molar-refractivity contribution in [2.24, 2.45) is 4.40 Å². The number of nitro groups is 1. The quantitative estimate of drug-likeness (QED) is 0.476. The molecule has 0 saturated carbocycles. The van der Waals surface area contributed by atoms with Crippen LogP contribution < -0.4 is 5.32 Å². The lowest BCUT2D eigenvalue weighted by molar-refractivity contribution is -0.384. The van der Waals surface area contributed by atoms with Crippen molar-refractivity contribution >= 4 is 38.3 Å². The molecule has 0 spiro atoms. The Balaban J connectivity index is 2.83. The van der Waals surface area contributed by atoms with Gasteiger partial charge in [-0.05, 0) is 17.7 Å². The number of benzene rings is 1. The molecular weight excluding hydrogens is 277 g/mol. The Morgan fingerprint density at radius 3 is 2.71 bits per heavy atom. The number of hydrogen-bond acceptors (Lipinski definition) is 5. The Labute approximate surface area is 99.1 Å². The van der Waals surface area contributed by atoms with Crippen LogP contribution in [0.1, 0.15) is 0 Å². The van der Waals surface area contributed by atoms with Gasteiger partial charge >= 0.3 is 0 Å². The van der Waals surface area contributed by atoms with Crippen LogP contribution in [-0.2, 0) is 10.0 Å². The summed E-state index contributed by atoms with van der Waals surface area (Å²) in [5.41, 5.74) is -1.12. The standard InChI is InChI=1S/C7H3ClFN3O4S/c8-7-10-6-4(12(13)14)1-3(9)2-5(6)17(15,16)11-7/h1-2H,(H,10,11). The zero-order valence-corrected chi connectivity index (χ0v) is 9.42. The summed E-state index contributed by atoms with van der Waals surface area (Å²) in [6, 6.07) is 1.23. The molecule has 90 valence electrons. The first kappa shape index (κ1) is 11.7. The van der Waals surface area contributed by atoms with Crippen molar-refractivity contribution in [2.45, 2.75) is 4.90 Å². The number of nitro benzene ring substituents is 1. The number of fused-ring (bicyclic) bond motifs is 1. The number of hydrogen-bond donors (Lipinski definition) is 1. The summed E-state index contributed by atoms with van der Waals surface area (Å²) in [4.78, 5) is 9.13. The molecular formula is C7H3ClFN3O4S. The number of halogens is 2. The van der Waals surface area contributed by atoms with E-state index < -0.39 is 42.3 Å². The number of nitrogens with zero attached hydrogens (tertiary/aromatic N) is 2. The van der Waals surface area contributed by atoms with Gasteiger partial charge in [0.2, 0.25) is 5.29 Å². The molecule has 1 aliphatic rings. The van der Waals surface area contributed by atoms with Crippen LogP contribution in [0.2, 0.25) is 0 Å². The third-order valence-corrected chi connectivity index (χ3v) is 3.53. The van der Waals surface area contributed by atoms with Crippen LogP contribution in [-0.4, -0.2) is 18.6 Å². The zero-order valence-electron chi connectivity index (χ0n) is 7.85. The predicted octanol–water partition coefficient (Wildman–Crippen LogP) is 1.44. The van der Waals surface area contributed by atoms with Gasteiger partial charge in [0.15, 0.2) is 0 Å². The first-order valence-electron chi connectivity index (χ1n) is 4.07. The topological polar surface area (TPSA) is 102 Å². The molecule has 17 heavy (non-hydrogen) atoms. The van der Waals surface area contributed by atoms with Crippen LogP contribution >= 0.6 is 11.6 Å². The van der Waals surface area contributed by atoms with Crippen LogP contribution in [0.25, 0.3) is 0 Å². The molecule has 0 atom stereocenters. The lowest BCUT2D eigenvalue weighted by Crippen LogP contribution is -2.18. The minimum absolute atomic E-state index is 0.392. The third-order valence-electron chi connectivity index (χ3n) is 1.95. The number of anilines is 1. The van der Waals surface area contributed by atoms with Crippen LogP contribution in [0, 0.1) is 15.9 Å². The SMILES string of the molecule is O=[N+]([O-])c1cc(F)cc2c1NC(Cl)=NS2(=O)=O. The third kappa shape index (κ3) is 1.94. The lowest BCUT2D eigenvalue weighted by atomic mass is 10.2. The van der Waals surface area contributed by atoms with Crippen LogP contribution in [0.3, 0.4) is 0 Å². The summed E-state index contributed by atoms with van der Waals surface area (Å²) in [6.07, 6.45) is 0. The molecule has 1 aliphatic heterocycles. The summed E-state index contributed by atoms with van der Waals surface area (Å²) < 4.78 is 39.1. The van der Waals surface area contributed by atoms with Gasteiger partial charge in [0.1, 0.15) is 16.4 Å². The van der Waals surface area contributed by atoms with Crippen molar-refractivity contribution in [1.29, 1.82) is 0 Å². The van der Waals surface area contributed by atoms with Crippen LogP contribution in [0.15, 0.2) is 21.4 Å². The highest BCUT2D eigenvalue weighted by molar-refractivity contribution is 7.90. The van der Waals surface area contributed by atoms with E-state index in [2.05, 4.69) is 9.71 Å². The van der Waals surface area contributed by atoms with Crippen LogP contribution in [0.4, 0.5) is 15.8 Å². The molecule has 0 amide bonds. The Morgan fingerprint density at radius 2 is 2.12 bits per heavy atom. The average molecular weight is 280 g/mol. The fourth-order valence-corrected chi connectivity index (χ4v) is 2.72. The zero-order chi connectivity index (χ0) is 12.8.